The Kier molecular flexibility index (Phi) is 4.64. The van der Waals surface area contributed by atoms with Crippen LogP contribution >= 0.6 is 0 Å². The van der Waals surface area contributed by atoms with E-state index in [1.54, 1.807) is 11.8 Å². The van der Waals surface area contributed by atoms with Gasteiger partial charge < -0.3 is 15.9 Å². The van der Waals surface area contributed by atoms with Crippen molar-refractivity contribution in [1.82, 2.24) is 9.99 Å². The Hall–Kier alpha value is -2.17. The van der Waals surface area contributed by atoms with Gasteiger partial charge in [-0.05, 0) is 35.6 Å². The van der Waals surface area contributed by atoms with Crippen molar-refractivity contribution in [2.45, 2.75) is 33.6 Å². The molecule has 0 spiro atoms. The number of carbonyl (C=O) groups is 1. The monoisotopic (exact) mass is 303 g/mol. The fourth-order valence-electron chi connectivity index (χ4n) is 2.51. The summed E-state index contributed by atoms with van der Waals surface area (Å²) in [5.41, 5.74) is 2.06. The third-order valence-corrected chi connectivity index (χ3v) is 3.53. The van der Waals surface area contributed by atoms with Crippen LogP contribution < -0.4 is 15.9 Å². The van der Waals surface area contributed by atoms with Crippen LogP contribution in [0.2, 0.25) is 0 Å². The maximum atomic E-state index is 11.9. The average Bonchev–Trinajstić information content (AvgIpc) is 2.73. The van der Waals surface area contributed by atoms with Crippen molar-refractivity contribution in [2.24, 2.45) is 5.41 Å². The Balaban J connectivity index is 2.04. The van der Waals surface area contributed by atoms with Crippen molar-refractivity contribution in [3.05, 3.63) is 30.0 Å². The van der Waals surface area contributed by atoms with Crippen molar-refractivity contribution in [1.29, 1.82) is 0 Å². The van der Waals surface area contributed by atoms with E-state index in [1.165, 1.54) is 0 Å². The van der Waals surface area contributed by atoms with E-state index in [-0.39, 0.29) is 11.3 Å². The lowest BCUT2D eigenvalue weighted by molar-refractivity contribution is -0.122. The summed E-state index contributed by atoms with van der Waals surface area (Å²) in [5, 5.41) is 4.03. The van der Waals surface area contributed by atoms with Crippen LogP contribution in [0.4, 0.5) is 0 Å². The van der Waals surface area contributed by atoms with Gasteiger partial charge in [0, 0.05) is 24.5 Å². The first kappa shape index (κ1) is 16.2. The zero-order valence-electron chi connectivity index (χ0n) is 13.8. The summed E-state index contributed by atoms with van der Waals surface area (Å²) in [5.74, 6) is 6.86. The van der Waals surface area contributed by atoms with Crippen molar-refractivity contribution >= 4 is 16.8 Å². The number of nitrogens with one attached hydrogen (secondary N) is 1. The van der Waals surface area contributed by atoms with Gasteiger partial charge in [0.2, 0.25) is 5.91 Å². The van der Waals surface area contributed by atoms with E-state index >= 15 is 0 Å². The SMILES string of the molecule is COc1ccc2c(c1)c(CCNC(=O)CC(C)(C)C)cn2N. The molecular weight excluding hydrogens is 278 g/mol. The minimum Gasteiger partial charge on any atom is -0.497 e. The second kappa shape index (κ2) is 6.30. The van der Waals surface area contributed by atoms with Crippen molar-refractivity contribution in [2.75, 3.05) is 19.5 Å². The van der Waals surface area contributed by atoms with Crippen molar-refractivity contribution < 1.29 is 9.53 Å². The Morgan fingerprint density at radius 3 is 2.73 bits per heavy atom. The van der Waals surface area contributed by atoms with E-state index < -0.39 is 0 Å². The van der Waals surface area contributed by atoms with Gasteiger partial charge in [0.15, 0.2) is 0 Å². The van der Waals surface area contributed by atoms with Gasteiger partial charge in [-0.25, -0.2) is 0 Å². The molecule has 3 N–H and O–H groups in total. The average molecular weight is 303 g/mol. The lowest BCUT2D eigenvalue weighted by Crippen LogP contribution is -2.29. The number of fused-ring (bicyclic) bond motifs is 1. The predicted octanol–water partition coefficient (Wildman–Crippen LogP) is 2.46. The van der Waals surface area contributed by atoms with Crippen LogP contribution in [-0.2, 0) is 11.2 Å². The maximum Gasteiger partial charge on any atom is 0.220 e. The van der Waals surface area contributed by atoms with E-state index in [0.717, 1.165) is 28.6 Å². The quantitative estimate of drug-likeness (QED) is 0.834. The summed E-state index contributed by atoms with van der Waals surface area (Å²) < 4.78 is 6.88. The summed E-state index contributed by atoms with van der Waals surface area (Å²) in [6, 6.07) is 5.81. The standard InChI is InChI=1S/C17H25N3O2/c1-17(2,3)10-16(21)19-8-7-12-11-20(18)15-6-5-13(22-4)9-14(12)15/h5-6,9,11H,7-8,10,18H2,1-4H3,(H,19,21). The highest BCUT2D eigenvalue weighted by atomic mass is 16.5. The van der Waals surface area contributed by atoms with Crippen LogP contribution in [0.5, 0.6) is 5.75 Å². The number of rotatable bonds is 5. The van der Waals surface area contributed by atoms with Crippen molar-refractivity contribution in [3.8, 4) is 5.75 Å². The second-order valence-electron chi connectivity index (χ2n) is 6.78. The zero-order chi connectivity index (χ0) is 16.3. The molecule has 2 aromatic rings. The van der Waals surface area contributed by atoms with Gasteiger partial charge in [-0.2, -0.15) is 0 Å². The molecular formula is C17H25N3O2. The number of amides is 1. The molecule has 0 fully saturated rings. The van der Waals surface area contributed by atoms with E-state index in [2.05, 4.69) is 26.1 Å². The molecule has 1 aromatic carbocycles. The van der Waals surface area contributed by atoms with Crippen LogP contribution in [0.15, 0.2) is 24.4 Å². The molecule has 2 rings (SSSR count). The van der Waals surface area contributed by atoms with E-state index in [0.29, 0.717) is 13.0 Å². The molecule has 120 valence electrons. The van der Waals surface area contributed by atoms with Gasteiger partial charge in [0.05, 0.1) is 12.6 Å². The largest absolute Gasteiger partial charge is 0.497 e. The molecule has 0 radical (unpaired) electrons. The highest BCUT2D eigenvalue weighted by molar-refractivity contribution is 5.85. The molecule has 5 heteroatoms. The first-order chi connectivity index (χ1) is 10.3. The topological polar surface area (TPSA) is 69.3 Å². The fourth-order valence-corrected chi connectivity index (χ4v) is 2.51. The van der Waals surface area contributed by atoms with Crippen molar-refractivity contribution in [3.63, 3.8) is 0 Å². The Morgan fingerprint density at radius 1 is 1.36 bits per heavy atom. The summed E-state index contributed by atoms with van der Waals surface area (Å²) >= 11 is 0. The minimum atomic E-state index is 0.00470. The number of carbonyl (C=O) groups excluding carboxylic acids is 1. The lowest BCUT2D eigenvalue weighted by atomic mass is 9.92. The van der Waals surface area contributed by atoms with Crippen LogP contribution in [-0.4, -0.2) is 24.2 Å². The number of aromatic nitrogens is 1. The molecule has 1 heterocycles. The first-order valence-corrected chi connectivity index (χ1v) is 7.50. The number of nitrogens with zero attached hydrogens (tertiary/aromatic N) is 1. The molecule has 22 heavy (non-hydrogen) atoms. The van der Waals surface area contributed by atoms with Gasteiger partial charge in [-0.3, -0.25) is 9.47 Å². The van der Waals surface area contributed by atoms with Gasteiger partial charge in [0.1, 0.15) is 5.75 Å². The van der Waals surface area contributed by atoms with Gasteiger partial charge in [-0.15, -0.1) is 0 Å². The lowest BCUT2D eigenvalue weighted by Gasteiger charge is -2.17. The molecule has 0 unspecified atom stereocenters. The van der Waals surface area contributed by atoms with Crippen LogP contribution in [0.3, 0.4) is 0 Å². The summed E-state index contributed by atoms with van der Waals surface area (Å²) in [6.45, 7) is 6.77. The fraction of sp³-hybridized carbons (Fsp3) is 0.471. The Labute approximate surface area is 131 Å². The number of methoxy groups -OCH3 is 1. The molecule has 0 saturated carbocycles. The molecule has 5 nitrogen and oxygen atoms in total. The van der Waals surface area contributed by atoms with Crippen LogP contribution in [0.1, 0.15) is 32.8 Å². The molecule has 0 aliphatic heterocycles. The number of nitrogen functional groups attached to an aromatic ring is 1. The number of nitrogens with two attached hydrogens (primary N) is 1. The molecule has 0 saturated heterocycles. The summed E-state index contributed by atoms with van der Waals surface area (Å²) in [4.78, 5) is 11.9. The highest BCUT2D eigenvalue weighted by Gasteiger charge is 2.15. The van der Waals surface area contributed by atoms with Gasteiger partial charge >= 0.3 is 0 Å². The molecule has 0 aliphatic rings. The summed E-state index contributed by atoms with van der Waals surface area (Å²) in [7, 11) is 1.65. The number of hydrogen-bond acceptors (Lipinski definition) is 3. The van der Waals surface area contributed by atoms with E-state index in [1.807, 2.05) is 24.4 Å². The molecule has 1 amide bonds. The molecule has 0 bridgehead atoms. The number of ether oxygens (including phenoxy) is 1. The number of hydrogen-bond donors (Lipinski definition) is 2. The Morgan fingerprint density at radius 2 is 2.09 bits per heavy atom. The normalized spacial score (nSPS) is 11.6. The second-order valence-corrected chi connectivity index (χ2v) is 6.78. The van der Waals surface area contributed by atoms with E-state index in [4.69, 9.17) is 10.6 Å². The summed E-state index contributed by atoms with van der Waals surface area (Å²) in [6.07, 6.45) is 3.17. The van der Waals surface area contributed by atoms with E-state index in [9.17, 15) is 4.79 Å². The maximum absolute atomic E-state index is 11.9. The van der Waals surface area contributed by atoms with Gasteiger partial charge in [0.25, 0.3) is 0 Å². The highest BCUT2D eigenvalue weighted by Crippen LogP contribution is 2.25. The van der Waals surface area contributed by atoms with Gasteiger partial charge in [-0.1, -0.05) is 20.8 Å². The molecule has 0 atom stereocenters. The van der Waals surface area contributed by atoms with Crippen LogP contribution in [0.25, 0.3) is 10.9 Å². The third kappa shape index (κ3) is 3.93. The first-order valence-electron chi connectivity index (χ1n) is 7.50. The Bertz CT molecular complexity index is 668. The smallest absolute Gasteiger partial charge is 0.220 e. The zero-order valence-corrected chi connectivity index (χ0v) is 13.8. The third-order valence-electron chi connectivity index (χ3n) is 3.53. The van der Waals surface area contributed by atoms with Crippen LogP contribution in [0, 0.1) is 5.41 Å². The molecule has 0 aliphatic carbocycles. The minimum absolute atomic E-state index is 0.00470. The predicted molar refractivity (Wildman–Crippen MR) is 89.4 cm³/mol. The number of benzene rings is 1. The molecule has 1 aromatic heterocycles.